The summed E-state index contributed by atoms with van der Waals surface area (Å²) in [5.41, 5.74) is 6.97. The second kappa shape index (κ2) is 8.50. The van der Waals surface area contributed by atoms with E-state index in [0.29, 0.717) is 0 Å². The summed E-state index contributed by atoms with van der Waals surface area (Å²) < 4.78 is 0. The molecule has 154 valence electrons. The molecule has 1 aliphatic rings. The van der Waals surface area contributed by atoms with Gasteiger partial charge in [-0.25, -0.2) is 0 Å². The van der Waals surface area contributed by atoms with Gasteiger partial charge in [0.25, 0.3) is 11.4 Å². The van der Waals surface area contributed by atoms with Crippen LogP contribution in [-0.2, 0) is 0 Å². The van der Waals surface area contributed by atoms with Crippen molar-refractivity contribution in [2.45, 2.75) is 6.04 Å². The van der Waals surface area contributed by atoms with Crippen LogP contribution in [0.4, 0.5) is 17.1 Å². The first-order valence-corrected chi connectivity index (χ1v) is 9.51. The Labute approximate surface area is 178 Å². The zero-order valence-corrected chi connectivity index (χ0v) is 16.3. The van der Waals surface area contributed by atoms with Gasteiger partial charge in [0.05, 0.1) is 27.3 Å². The summed E-state index contributed by atoms with van der Waals surface area (Å²) >= 11 is 0. The van der Waals surface area contributed by atoms with Gasteiger partial charge >= 0.3 is 0 Å². The van der Waals surface area contributed by atoms with E-state index in [1.54, 1.807) is 24.3 Å². The summed E-state index contributed by atoms with van der Waals surface area (Å²) in [5.74, 6) is 0. The summed E-state index contributed by atoms with van der Waals surface area (Å²) in [7, 11) is 0. The number of hydrogen-bond acceptors (Lipinski definition) is 6. The number of benzene rings is 3. The Balaban J connectivity index is 1.61. The monoisotopic (exact) mass is 414 g/mol. The number of hydrogen-bond donors (Lipinski definition) is 1. The molecule has 1 atom stereocenters. The molecule has 0 radical (unpaired) electrons. The highest BCUT2D eigenvalue weighted by molar-refractivity contribution is 5.59. The van der Waals surface area contributed by atoms with Crippen LogP contribution in [0.3, 0.4) is 0 Å². The van der Waals surface area contributed by atoms with Crippen LogP contribution >= 0.6 is 0 Å². The number of allylic oxidation sites excluding steroid dienone is 1. The van der Waals surface area contributed by atoms with Crippen molar-refractivity contribution >= 4 is 23.1 Å². The minimum absolute atomic E-state index is 0.0447. The van der Waals surface area contributed by atoms with Crippen LogP contribution in [0.15, 0.2) is 96.7 Å². The Morgan fingerprint density at radius 3 is 1.94 bits per heavy atom. The van der Waals surface area contributed by atoms with E-state index in [0.717, 1.165) is 22.5 Å². The molecule has 1 aliphatic heterocycles. The summed E-state index contributed by atoms with van der Waals surface area (Å²) in [4.78, 5) is 20.9. The van der Waals surface area contributed by atoms with E-state index in [9.17, 15) is 20.2 Å². The molecule has 0 spiro atoms. The fraction of sp³-hybridized carbons (Fsp3) is 0.0435. The third-order valence-electron chi connectivity index (χ3n) is 4.90. The van der Waals surface area contributed by atoms with Crippen molar-refractivity contribution in [3.8, 4) is 0 Å². The molecule has 0 aliphatic carbocycles. The predicted molar refractivity (Wildman–Crippen MR) is 118 cm³/mol. The molecule has 0 amide bonds. The fourth-order valence-electron chi connectivity index (χ4n) is 3.33. The number of para-hydroxylation sites is 1. The summed E-state index contributed by atoms with van der Waals surface area (Å²) in [6.07, 6.45) is 5.78. The molecule has 31 heavy (non-hydrogen) atoms. The van der Waals surface area contributed by atoms with Crippen LogP contribution in [0.25, 0.3) is 6.08 Å². The van der Waals surface area contributed by atoms with Gasteiger partial charge in [-0.15, -0.1) is 0 Å². The second-order valence-corrected chi connectivity index (χ2v) is 6.91. The van der Waals surface area contributed by atoms with Crippen LogP contribution in [0.2, 0.25) is 0 Å². The first-order valence-electron chi connectivity index (χ1n) is 9.51. The van der Waals surface area contributed by atoms with Crippen molar-refractivity contribution in [3.05, 3.63) is 128 Å². The van der Waals surface area contributed by atoms with Crippen molar-refractivity contribution in [2.75, 3.05) is 5.01 Å². The molecule has 0 saturated heterocycles. The Morgan fingerprint density at radius 1 is 0.774 bits per heavy atom. The van der Waals surface area contributed by atoms with Crippen LogP contribution in [-0.4, -0.2) is 9.85 Å². The van der Waals surface area contributed by atoms with Crippen molar-refractivity contribution in [1.82, 2.24) is 5.43 Å². The minimum Gasteiger partial charge on any atom is -0.298 e. The molecule has 0 unspecified atom stereocenters. The molecular weight excluding hydrogens is 396 g/mol. The maximum Gasteiger partial charge on any atom is 0.269 e. The van der Waals surface area contributed by atoms with Gasteiger partial charge < -0.3 is 0 Å². The largest absolute Gasteiger partial charge is 0.298 e. The maximum atomic E-state index is 11.0. The van der Waals surface area contributed by atoms with Gasteiger partial charge in [-0.2, -0.15) is 0 Å². The van der Waals surface area contributed by atoms with Crippen LogP contribution in [0, 0.1) is 20.2 Å². The van der Waals surface area contributed by atoms with Crippen molar-refractivity contribution in [1.29, 1.82) is 0 Å². The minimum atomic E-state index is -0.429. The van der Waals surface area contributed by atoms with E-state index in [2.05, 4.69) is 5.43 Å². The molecule has 0 bridgehead atoms. The molecule has 4 rings (SSSR count). The van der Waals surface area contributed by atoms with Gasteiger partial charge in [0.15, 0.2) is 0 Å². The normalized spacial score (nSPS) is 15.5. The van der Waals surface area contributed by atoms with Gasteiger partial charge in [-0.05, 0) is 59.7 Å². The second-order valence-electron chi connectivity index (χ2n) is 6.91. The molecule has 3 aromatic carbocycles. The Morgan fingerprint density at radius 2 is 1.35 bits per heavy atom. The Hall–Kier alpha value is -4.46. The molecule has 3 aromatic rings. The van der Waals surface area contributed by atoms with Crippen LogP contribution < -0.4 is 10.4 Å². The van der Waals surface area contributed by atoms with Crippen molar-refractivity contribution < 1.29 is 9.85 Å². The van der Waals surface area contributed by atoms with E-state index in [1.807, 2.05) is 53.6 Å². The summed E-state index contributed by atoms with van der Waals surface area (Å²) in [6.45, 7) is 0. The van der Waals surface area contributed by atoms with E-state index in [-0.39, 0.29) is 17.4 Å². The van der Waals surface area contributed by atoms with Gasteiger partial charge in [0, 0.05) is 24.3 Å². The van der Waals surface area contributed by atoms with Crippen LogP contribution in [0.5, 0.6) is 0 Å². The van der Waals surface area contributed by atoms with Gasteiger partial charge in [0.2, 0.25) is 0 Å². The highest BCUT2D eigenvalue weighted by atomic mass is 16.6. The quantitative estimate of drug-likeness (QED) is 0.441. The third kappa shape index (κ3) is 4.43. The maximum absolute atomic E-state index is 11.0. The van der Waals surface area contributed by atoms with Gasteiger partial charge in [-0.1, -0.05) is 24.3 Å². The number of rotatable bonds is 6. The topological polar surface area (TPSA) is 102 Å². The standard InChI is InChI=1S/C23H18N4O4/c28-26(29)21-12-7-17(8-13-21)6-11-19-16-23(18-9-14-22(15-10-18)27(30)31)25(24-19)20-4-2-1-3-5-20/h1-16,23-24H/b11-6+/t23-/m0/s1. The smallest absolute Gasteiger partial charge is 0.269 e. The molecule has 8 heteroatoms. The first-order chi connectivity index (χ1) is 15.0. The Bertz CT molecular complexity index is 1160. The zero-order chi connectivity index (χ0) is 21.8. The molecule has 1 N–H and O–H groups in total. The number of hydrazine groups is 1. The summed E-state index contributed by atoms with van der Waals surface area (Å²) in [5, 5.41) is 23.8. The predicted octanol–water partition coefficient (Wildman–Crippen LogP) is 5.17. The number of anilines is 1. The van der Waals surface area contributed by atoms with Crippen LogP contribution in [0.1, 0.15) is 17.2 Å². The first kappa shape index (κ1) is 19.8. The van der Waals surface area contributed by atoms with Crippen molar-refractivity contribution in [3.63, 3.8) is 0 Å². The Kier molecular flexibility index (Phi) is 5.44. The van der Waals surface area contributed by atoms with E-state index < -0.39 is 9.85 Å². The third-order valence-corrected chi connectivity index (χ3v) is 4.90. The average molecular weight is 414 g/mol. The molecule has 1 heterocycles. The number of nitrogens with zero attached hydrogens (tertiary/aromatic N) is 3. The molecular formula is C23H18N4O4. The number of nitrogens with one attached hydrogen (secondary N) is 1. The zero-order valence-electron chi connectivity index (χ0n) is 16.3. The molecule has 0 fully saturated rings. The van der Waals surface area contributed by atoms with E-state index >= 15 is 0 Å². The fourth-order valence-corrected chi connectivity index (χ4v) is 3.33. The average Bonchev–Trinajstić information content (AvgIpc) is 3.23. The van der Waals surface area contributed by atoms with E-state index in [4.69, 9.17) is 0 Å². The lowest BCUT2D eigenvalue weighted by atomic mass is 10.0. The number of nitro benzene ring substituents is 2. The highest BCUT2D eigenvalue weighted by Gasteiger charge is 2.26. The number of nitro groups is 2. The lowest BCUT2D eigenvalue weighted by Crippen LogP contribution is -2.33. The van der Waals surface area contributed by atoms with Crippen molar-refractivity contribution in [2.24, 2.45) is 0 Å². The number of non-ortho nitro benzene ring substituents is 2. The molecule has 8 nitrogen and oxygen atoms in total. The lowest BCUT2D eigenvalue weighted by Gasteiger charge is -2.27. The van der Waals surface area contributed by atoms with E-state index in [1.165, 1.54) is 24.3 Å². The van der Waals surface area contributed by atoms with Gasteiger partial charge in [-0.3, -0.25) is 30.7 Å². The SMILES string of the molecule is O=[N+]([O-])c1ccc(/C=C/C2=C[C@@H](c3ccc([N+](=O)[O-])cc3)N(c3ccccc3)N2)cc1. The highest BCUT2D eigenvalue weighted by Crippen LogP contribution is 2.33. The molecule has 0 saturated carbocycles. The lowest BCUT2D eigenvalue weighted by molar-refractivity contribution is -0.385. The summed E-state index contributed by atoms with van der Waals surface area (Å²) in [6, 6.07) is 22.4. The van der Waals surface area contributed by atoms with Gasteiger partial charge in [0.1, 0.15) is 0 Å². The molecule has 0 aromatic heterocycles.